The fraction of sp³-hybridized carbons (Fsp3) is 0.778. The molecule has 0 saturated heterocycles. The summed E-state index contributed by atoms with van der Waals surface area (Å²) in [6.07, 6.45) is 1.85. The zero-order valence-electron chi connectivity index (χ0n) is 8.09. The molecule has 0 rings (SSSR count). The topological polar surface area (TPSA) is 20.2 Å². The van der Waals surface area contributed by atoms with Crippen LogP contribution < -0.4 is 0 Å². The molecule has 0 aliphatic rings. The second-order valence-electron chi connectivity index (χ2n) is 3.79. The van der Waals surface area contributed by atoms with Crippen molar-refractivity contribution in [3.63, 3.8) is 0 Å². The Morgan fingerprint density at radius 1 is 1.27 bits per heavy atom. The maximum Gasteiger partial charge on any atom is 0.197 e. The minimum absolute atomic E-state index is 0.431. The van der Waals surface area contributed by atoms with E-state index in [9.17, 15) is 4.80 Å². The number of allylic oxidation sites excluding steroid dienone is 1. The minimum Gasteiger partial charge on any atom is -0.431 e. The molecule has 0 aromatic heterocycles. The molecular formula is C9H20OSi. The third-order valence-corrected chi connectivity index (χ3v) is 7.41. The molecule has 0 atom stereocenters. The summed E-state index contributed by atoms with van der Waals surface area (Å²) < 4.78 is 0. The second kappa shape index (κ2) is 4.07. The molecule has 0 aromatic rings. The Hall–Kier alpha value is -0.0831. The van der Waals surface area contributed by atoms with Crippen LogP contribution in [-0.4, -0.2) is 13.1 Å². The van der Waals surface area contributed by atoms with Gasteiger partial charge in [-0.1, -0.05) is 33.8 Å². The highest BCUT2D eigenvalue weighted by molar-refractivity contribution is 6.75. The zero-order chi connectivity index (χ0) is 9.07. The smallest absolute Gasteiger partial charge is 0.197 e. The molecule has 0 fully saturated rings. The summed E-state index contributed by atoms with van der Waals surface area (Å²) in [6.45, 7) is 12.1. The van der Waals surface area contributed by atoms with Gasteiger partial charge in [-0.3, -0.25) is 0 Å². The van der Waals surface area contributed by atoms with E-state index in [0.29, 0.717) is 11.1 Å². The molecule has 0 aliphatic carbocycles. The lowest BCUT2D eigenvalue weighted by atomic mass is 10.5. The van der Waals surface area contributed by atoms with Crippen molar-refractivity contribution in [2.75, 3.05) is 0 Å². The van der Waals surface area contributed by atoms with Crippen LogP contribution in [0.5, 0.6) is 0 Å². The summed E-state index contributed by atoms with van der Waals surface area (Å²) in [6, 6.07) is 0.822. The van der Waals surface area contributed by atoms with Gasteiger partial charge >= 0.3 is 0 Å². The van der Waals surface area contributed by atoms with Gasteiger partial charge in [0, 0.05) is 0 Å². The van der Waals surface area contributed by atoms with E-state index in [4.69, 9.17) is 0 Å². The molecule has 11 heavy (non-hydrogen) atoms. The highest BCUT2D eigenvalue weighted by Gasteiger charge is 2.36. The molecule has 0 saturated carbocycles. The van der Waals surface area contributed by atoms with E-state index in [1.54, 1.807) is 0 Å². The van der Waals surface area contributed by atoms with E-state index in [1.807, 2.05) is 6.08 Å². The van der Waals surface area contributed by atoms with E-state index in [-0.39, 0.29) is 0 Å². The largest absolute Gasteiger partial charge is 0.431 e. The monoisotopic (exact) mass is 172 g/mol. The highest BCUT2D eigenvalue weighted by Crippen LogP contribution is 2.33. The van der Waals surface area contributed by atoms with Gasteiger partial charge < -0.3 is 4.80 Å². The van der Waals surface area contributed by atoms with E-state index in [1.165, 1.54) is 0 Å². The lowest BCUT2D eigenvalue weighted by Gasteiger charge is -2.31. The Kier molecular flexibility index (Phi) is 4.04. The summed E-state index contributed by atoms with van der Waals surface area (Å²) in [4.78, 5) is 10.2. The van der Waals surface area contributed by atoms with E-state index in [2.05, 4.69) is 34.3 Å². The van der Waals surface area contributed by atoms with Crippen LogP contribution in [0.2, 0.25) is 17.1 Å². The number of hydrogen-bond donors (Lipinski definition) is 1. The molecule has 0 spiro atoms. The van der Waals surface area contributed by atoms with E-state index < -0.39 is 8.32 Å². The average Bonchev–Trinajstić information content (AvgIpc) is 1.87. The first-order valence-corrected chi connectivity index (χ1v) is 6.59. The summed E-state index contributed by atoms with van der Waals surface area (Å²) >= 11 is 0. The van der Waals surface area contributed by atoms with Gasteiger partial charge in [0.25, 0.3) is 0 Å². The van der Waals surface area contributed by atoms with Crippen LogP contribution in [0.25, 0.3) is 0 Å². The third kappa shape index (κ3) is 2.45. The highest BCUT2D eigenvalue weighted by atomic mass is 28.4. The number of rotatable bonds is 4. The van der Waals surface area contributed by atoms with E-state index >= 15 is 0 Å². The minimum atomic E-state index is -2.02. The first-order chi connectivity index (χ1) is 4.95. The second-order valence-corrected chi connectivity index (χ2v) is 8.49. The fourth-order valence-corrected chi connectivity index (χ4v) is 4.11. The molecule has 1 N–H and O–H groups in total. The van der Waals surface area contributed by atoms with Gasteiger partial charge in [0.2, 0.25) is 0 Å². The summed E-state index contributed by atoms with van der Waals surface area (Å²) in [5, 5.41) is 0. The van der Waals surface area contributed by atoms with Crippen molar-refractivity contribution in [1.29, 1.82) is 0 Å². The molecule has 0 unspecified atom stereocenters. The fourth-order valence-electron chi connectivity index (χ4n) is 1.37. The Morgan fingerprint density at radius 3 is 1.73 bits per heavy atom. The SMILES string of the molecule is C=CC[Si](O)(C(C)C)C(C)C. The normalized spacial score (nSPS) is 12.6. The molecule has 1 nitrogen and oxygen atoms in total. The maximum atomic E-state index is 10.2. The zero-order valence-corrected chi connectivity index (χ0v) is 9.09. The predicted molar refractivity (Wildman–Crippen MR) is 53.2 cm³/mol. The summed E-state index contributed by atoms with van der Waals surface area (Å²) in [7, 11) is -2.02. The van der Waals surface area contributed by atoms with Crippen molar-refractivity contribution >= 4 is 8.32 Å². The van der Waals surface area contributed by atoms with Gasteiger partial charge in [-0.2, -0.15) is 0 Å². The van der Waals surface area contributed by atoms with Gasteiger partial charge in [-0.25, -0.2) is 0 Å². The Morgan fingerprint density at radius 2 is 1.64 bits per heavy atom. The standard InChI is InChI=1S/C9H20OSi/c1-6-7-11(10,8(2)3)9(4)5/h6,8-10H,1,7H2,2-5H3. The van der Waals surface area contributed by atoms with Crippen LogP contribution in [0.15, 0.2) is 12.7 Å². The molecule has 0 aliphatic heterocycles. The van der Waals surface area contributed by atoms with Gasteiger partial charge in [-0.15, -0.1) is 6.58 Å². The van der Waals surface area contributed by atoms with Crippen LogP contribution in [0, 0.1) is 0 Å². The molecule has 0 bridgehead atoms. The van der Waals surface area contributed by atoms with Crippen molar-refractivity contribution in [3.8, 4) is 0 Å². The maximum absolute atomic E-state index is 10.2. The molecule has 2 heteroatoms. The van der Waals surface area contributed by atoms with Gasteiger partial charge in [0.05, 0.1) is 0 Å². The Bertz CT molecular complexity index is 122. The predicted octanol–water partition coefficient (Wildman–Crippen LogP) is 2.93. The van der Waals surface area contributed by atoms with Crippen molar-refractivity contribution in [2.45, 2.75) is 44.8 Å². The van der Waals surface area contributed by atoms with E-state index in [0.717, 1.165) is 6.04 Å². The number of hydrogen-bond acceptors (Lipinski definition) is 1. The lowest BCUT2D eigenvalue weighted by Crippen LogP contribution is -2.40. The third-order valence-electron chi connectivity index (χ3n) is 2.47. The van der Waals surface area contributed by atoms with Crippen molar-refractivity contribution < 1.29 is 4.80 Å². The molecule has 66 valence electrons. The van der Waals surface area contributed by atoms with Crippen LogP contribution in [0.4, 0.5) is 0 Å². The first-order valence-electron chi connectivity index (χ1n) is 4.28. The van der Waals surface area contributed by atoms with Crippen LogP contribution in [0.1, 0.15) is 27.7 Å². The molecule has 0 radical (unpaired) electrons. The molecule has 0 amide bonds. The molecular weight excluding hydrogens is 152 g/mol. The summed E-state index contributed by atoms with van der Waals surface area (Å²) in [5.41, 5.74) is 0.862. The Labute approximate surface area is 71.3 Å². The van der Waals surface area contributed by atoms with Crippen LogP contribution >= 0.6 is 0 Å². The Balaban J connectivity index is 4.37. The van der Waals surface area contributed by atoms with Crippen molar-refractivity contribution in [2.24, 2.45) is 0 Å². The molecule has 0 aromatic carbocycles. The first kappa shape index (κ1) is 10.9. The summed E-state index contributed by atoms with van der Waals surface area (Å²) in [5.74, 6) is 0. The molecule has 0 heterocycles. The van der Waals surface area contributed by atoms with Crippen molar-refractivity contribution in [1.82, 2.24) is 0 Å². The van der Waals surface area contributed by atoms with Crippen LogP contribution in [0.3, 0.4) is 0 Å². The van der Waals surface area contributed by atoms with Gasteiger partial charge in [0.15, 0.2) is 8.32 Å². The average molecular weight is 172 g/mol. The lowest BCUT2D eigenvalue weighted by molar-refractivity contribution is 0.497. The van der Waals surface area contributed by atoms with Crippen molar-refractivity contribution in [3.05, 3.63) is 12.7 Å². The quantitative estimate of drug-likeness (QED) is 0.510. The van der Waals surface area contributed by atoms with Gasteiger partial charge in [-0.05, 0) is 17.1 Å². The van der Waals surface area contributed by atoms with Gasteiger partial charge in [0.1, 0.15) is 0 Å². The van der Waals surface area contributed by atoms with Crippen LogP contribution in [-0.2, 0) is 0 Å².